The highest BCUT2D eigenvalue weighted by Gasteiger charge is 2.18. The van der Waals surface area contributed by atoms with Gasteiger partial charge in [0.15, 0.2) is 0 Å². The minimum absolute atomic E-state index is 0.0655. The molecule has 2 N–H and O–H groups in total. The topological polar surface area (TPSA) is 71.3 Å². The summed E-state index contributed by atoms with van der Waals surface area (Å²) in [6, 6.07) is 3.43. The van der Waals surface area contributed by atoms with Crippen LogP contribution in [0.2, 0.25) is 0 Å². The molecule has 0 saturated heterocycles. The van der Waals surface area contributed by atoms with E-state index in [0.29, 0.717) is 18.3 Å². The summed E-state index contributed by atoms with van der Waals surface area (Å²) >= 11 is 0. The first-order valence-corrected chi connectivity index (χ1v) is 7.25. The van der Waals surface area contributed by atoms with E-state index in [9.17, 15) is 8.42 Å². The smallest absolute Gasteiger partial charge is 0.274 e. The van der Waals surface area contributed by atoms with Crippen LogP contribution in [0.3, 0.4) is 0 Å². The second-order valence-corrected chi connectivity index (χ2v) is 6.24. The fourth-order valence-electron chi connectivity index (χ4n) is 1.19. The van der Waals surface area contributed by atoms with Crippen LogP contribution in [0.15, 0.2) is 33.8 Å². The molecule has 0 bridgehead atoms. The molecule has 1 aromatic heterocycles. The second-order valence-electron chi connectivity index (χ2n) is 4.54. The Bertz CT molecular complexity index is 503. The summed E-state index contributed by atoms with van der Waals surface area (Å²) in [6.07, 6.45) is 0. The van der Waals surface area contributed by atoms with E-state index in [-0.39, 0.29) is 11.6 Å². The van der Waals surface area contributed by atoms with Gasteiger partial charge in [0.25, 0.3) is 10.0 Å². The maximum Gasteiger partial charge on any atom is 0.274 e. The van der Waals surface area contributed by atoms with E-state index in [0.717, 1.165) is 5.57 Å². The van der Waals surface area contributed by atoms with E-state index in [1.165, 1.54) is 6.07 Å². The molecule has 0 fully saturated rings. The second kappa shape index (κ2) is 6.17. The standard InChI is InChI=1S/C12H20N2O3S/c1-9(2)7-14-18(15,16)12-6-5-11(17-12)8-13-10(3)4/h5-6,10,13-14H,1,7-8H2,2-4H3. The van der Waals surface area contributed by atoms with Gasteiger partial charge in [0.05, 0.1) is 6.54 Å². The highest BCUT2D eigenvalue weighted by molar-refractivity contribution is 7.89. The van der Waals surface area contributed by atoms with Crippen LogP contribution >= 0.6 is 0 Å². The van der Waals surface area contributed by atoms with Gasteiger partial charge in [-0.05, 0) is 19.1 Å². The van der Waals surface area contributed by atoms with Crippen LogP contribution in [0, 0.1) is 0 Å². The minimum atomic E-state index is -3.58. The third-order valence-corrected chi connectivity index (χ3v) is 3.42. The van der Waals surface area contributed by atoms with Crippen molar-refractivity contribution in [1.29, 1.82) is 0 Å². The van der Waals surface area contributed by atoms with Crippen molar-refractivity contribution in [3.63, 3.8) is 0 Å². The van der Waals surface area contributed by atoms with Gasteiger partial charge in [-0.2, -0.15) is 0 Å². The summed E-state index contributed by atoms with van der Waals surface area (Å²) in [4.78, 5) is 0. The van der Waals surface area contributed by atoms with Crippen molar-refractivity contribution in [2.45, 2.75) is 38.5 Å². The highest BCUT2D eigenvalue weighted by atomic mass is 32.2. The molecule has 0 amide bonds. The van der Waals surface area contributed by atoms with E-state index in [4.69, 9.17) is 4.42 Å². The van der Waals surface area contributed by atoms with Crippen molar-refractivity contribution in [3.8, 4) is 0 Å². The molecule has 0 radical (unpaired) electrons. The Kier molecular flexibility index (Phi) is 5.13. The first-order chi connectivity index (χ1) is 8.31. The van der Waals surface area contributed by atoms with Gasteiger partial charge in [-0.3, -0.25) is 0 Å². The van der Waals surface area contributed by atoms with Crippen LogP contribution in [0.25, 0.3) is 0 Å². The lowest BCUT2D eigenvalue weighted by Gasteiger charge is -2.05. The quantitative estimate of drug-likeness (QED) is 0.740. The molecule has 0 saturated carbocycles. The zero-order chi connectivity index (χ0) is 13.8. The highest BCUT2D eigenvalue weighted by Crippen LogP contribution is 2.13. The average molecular weight is 272 g/mol. The molecular formula is C12H20N2O3S. The average Bonchev–Trinajstić information content (AvgIpc) is 2.73. The summed E-state index contributed by atoms with van der Waals surface area (Å²) in [7, 11) is -3.58. The molecule has 1 heterocycles. The Morgan fingerprint density at radius 2 is 2.11 bits per heavy atom. The molecule has 0 atom stereocenters. The third kappa shape index (κ3) is 4.64. The summed E-state index contributed by atoms with van der Waals surface area (Å²) in [5.41, 5.74) is 0.742. The van der Waals surface area contributed by atoms with Crippen LogP contribution < -0.4 is 10.0 Å². The van der Waals surface area contributed by atoms with Crippen LogP contribution in [0.4, 0.5) is 0 Å². The van der Waals surface area contributed by atoms with Crippen LogP contribution in [0.1, 0.15) is 26.5 Å². The number of nitrogens with one attached hydrogen (secondary N) is 2. The fraction of sp³-hybridized carbons (Fsp3) is 0.500. The summed E-state index contributed by atoms with van der Waals surface area (Å²) < 4.78 is 31.3. The number of furan rings is 1. The molecule has 0 aromatic carbocycles. The number of hydrogen-bond acceptors (Lipinski definition) is 4. The van der Waals surface area contributed by atoms with Crippen molar-refractivity contribution in [2.24, 2.45) is 0 Å². The predicted octanol–water partition coefficient (Wildman–Crippen LogP) is 1.63. The lowest BCUT2D eigenvalue weighted by atomic mass is 10.3. The van der Waals surface area contributed by atoms with E-state index < -0.39 is 10.0 Å². The van der Waals surface area contributed by atoms with Crippen molar-refractivity contribution in [1.82, 2.24) is 10.0 Å². The SMILES string of the molecule is C=C(C)CNS(=O)(=O)c1ccc(CNC(C)C)o1. The van der Waals surface area contributed by atoms with Gasteiger partial charge in [-0.15, -0.1) is 0 Å². The minimum Gasteiger partial charge on any atom is -0.447 e. The lowest BCUT2D eigenvalue weighted by Crippen LogP contribution is -2.25. The van der Waals surface area contributed by atoms with E-state index in [1.54, 1.807) is 13.0 Å². The van der Waals surface area contributed by atoms with Crippen molar-refractivity contribution < 1.29 is 12.8 Å². The molecule has 5 nitrogen and oxygen atoms in total. The molecule has 102 valence electrons. The van der Waals surface area contributed by atoms with Gasteiger partial charge in [0, 0.05) is 12.6 Å². The summed E-state index contributed by atoms with van der Waals surface area (Å²) in [5.74, 6) is 0.597. The Morgan fingerprint density at radius 3 is 2.67 bits per heavy atom. The zero-order valence-corrected chi connectivity index (χ0v) is 11.8. The fourth-order valence-corrected chi connectivity index (χ4v) is 2.23. The van der Waals surface area contributed by atoms with Crippen LogP contribution in [0.5, 0.6) is 0 Å². The molecular weight excluding hydrogens is 252 g/mol. The van der Waals surface area contributed by atoms with E-state index in [1.807, 2.05) is 13.8 Å². The van der Waals surface area contributed by atoms with Crippen LogP contribution in [-0.2, 0) is 16.6 Å². The molecule has 1 aromatic rings. The van der Waals surface area contributed by atoms with Crippen molar-refractivity contribution >= 4 is 10.0 Å². The monoisotopic (exact) mass is 272 g/mol. The first kappa shape index (κ1) is 14.9. The summed E-state index contributed by atoms with van der Waals surface area (Å²) in [6.45, 7) is 10.1. The normalized spacial score (nSPS) is 12.0. The number of sulfonamides is 1. The van der Waals surface area contributed by atoms with Gasteiger partial charge in [0.2, 0.25) is 5.09 Å². The van der Waals surface area contributed by atoms with Gasteiger partial charge >= 0.3 is 0 Å². The van der Waals surface area contributed by atoms with Gasteiger partial charge in [-0.1, -0.05) is 26.0 Å². The molecule has 0 aliphatic rings. The lowest BCUT2D eigenvalue weighted by molar-refractivity contribution is 0.393. The molecule has 0 unspecified atom stereocenters. The largest absolute Gasteiger partial charge is 0.447 e. The molecule has 18 heavy (non-hydrogen) atoms. The number of hydrogen-bond donors (Lipinski definition) is 2. The zero-order valence-electron chi connectivity index (χ0n) is 11.0. The van der Waals surface area contributed by atoms with Crippen molar-refractivity contribution in [2.75, 3.05) is 6.54 Å². The van der Waals surface area contributed by atoms with E-state index >= 15 is 0 Å². The Labute approximate surface area is 108 Å². The molecule has 1 rings (SSSR count). The number of rotatable bonds is 7. The maximum absolute atomic E-state index is 11.8. The molecule has 0 aliphatic heterocycles. The predicted molar refractivity (Wildman–Crippen MR) is 70.7 cm³/mol. The molecule has 0 aliphatic carbocycles. The van der Waals surface area contributed by atoms with Crippen molar-refractivity contribution in [3.05, 3.63) is 30.0 Å². The molecule has 6 heteroatoms. The summed E-state index contributed by atoms with van der Waals surface area (Å²) in [5, 5.41) is 3.09. The Morgan fingerprint density at radius 1 is 1.44 bits per heavy atom. The third-order valence-electron chi connectivity index (χ3n) is 2.15. The van der Waals surface area contributed by atoms with Gasteiger partial charge in [-0.25, -0.2) is 13.1 Å². The first-order valence-electron chi connectivity index (χ1n) is 5.77. The molecule has 0 spiro atoms. The van der Waals surface area contributed by atoms with Gasteiger partial charge < -0.3 is 9.73 Å². The van der Waals surface area contributed by atoms with E-state index in [2.05, 4.69) is 16.6 Å². The Hall–Kier alpha value is -1.11. The van der Waals surface area contributed by atoms with Gasteiger partial charge in [0.1, 0.15) is 5.76 Å². The van der Waals surface area contributed by atoms with Crippen LogP contribution in [-0.4, -0.2) is 21.0 Å². The Balaban J connectivity index is 2.69. The maximum atomic E-state index is 11.8.